The van der Waals surface area contributed by atoms with Crippen molar-refractivity contribution in [2.24, 2.45) is 5.92 Å². The van der Waals surface area contributed by atoms with E-state index in [-0.39, 0.29) is 17.7 Å². The maximum absolute atomic E-state index is 11.9. The van der Waals surface area contributed by atoms with E-state index in [0.29, 0.717) is 17.6 Å². The highest BCUT2D eigenvalue weighted by molar-refractivity contribution is 8.13. The summed E-state index contributed by atoms with van der Waals surface area (Å²) < 4.78 is 0. The average molecular weight is 311 g/mol. The van der Waals surface area contributed by atoms with Crippen molar-refractivity contribution in [3.8, 4) is 0 Å². The normalized spacial score (nSPS) is 21.9. The lowest BCUT2D eigenvalue weighted by Crippen LogP contribution is -2.33. The number of thioether (sulfide) groups is 1. The fourth-order valence-corrected chi connectivity index (χ4v) is 4.51. The van der Waals surface area contributed by atoms with Crippen molar-refractivity contribution in [1.82, 2.24) is 9.88 Å². The van der Waals surface area contributed by atoms with Crippen LogP contribution in [0, 0.1) is 5.92 Å². The van der Waals surface area contributed by atoms with E-state index < -0.39 is 0 Å². The Balaban J connectivity index is 1.60. The summed E-state index contributed by atoms with van der Waals surface area (Å²) in [5.74, 6) is 1.32. The number of thiazole rings is 1. The third-order valence-corrected chi connectivity index (χ3v) is 5.54. The molecule has 7 heteroatoms. The first kappa shape index (κ1) is 13.9. The van der Waals surface area contributed by atoms with Crippen LogP contribution in [-0.2, 0) is 17.6 Å². The second-order valence-corrected chi connectivity index (χ2v) is 7.45. The molecule has 1 fully saturated rings. The molecule has 3 rings (SSSR count). The highest BCUT2D eigenvalue weighted by atomic mass is 32.2. The summed E-state index contributed by atoms with van der Waals surface area (Å²) in [7, 11) is 0. The van der Waals surface area contributed by atoms with Crippen LogP contribution < -0.4 is 5.32 Å². The number of amides is 2. The van der Waals surface area contributed by atoms with Crippen molar-refractivity contribution in [3.05, 3.63) is 10.6 Å². The Labute approximate surface area is 126 Å². The first-order valence-corrected chi connectivity index (χ1v) is 8.62. The Morgan fingerprint density at radius 3 is 3.15 bits per heavy atom. The summed E-state index contributed by atoms with van der Waals surface area (Å²) in [5, 5.41) is 3.49. The topological polar surface area (TPSA) is 62.3 Å². The van der Waals surface area contributed by atoms with Crippen LogP contribution in [0.1, 0.15) is 23.9 Å². The van der Waals surface area contributed by atoms with Crippen molar-refractivity contribution in [3.63, 3.8) is 0 Å². The molecular formula is C13H17N3O2S2. The Kier molecular flexibility index (Phi) is 3.98. The number of hydrogen-bond acceptors (Lipinski definition) is 5. The van der Waals surface area contributed by atoms with Crippen LogP contribution in [0.15, 0.2) is 0 Å². The zero-order valence-corrected chi connectivity index (χ0v) is 13.0. The van der Waals surface area contributed by atoms with Crippen molar-refractivity contribution in [2.75, 3.05) is 24.2 Å². The monoisotopic (exact) mass is 311 g/mol. The second-order valence-electron chi connectivity index (χ2n) is 5.32. The van der Waals surface area contributed by atoms with Gasteiger partial charge in [-0.15, -0.1) is 11.3 Å². The largest absolute Gasteiger partial charge is 0.323 e. The molecule has 0 saturated carbocycles. The lowest BCUT2D eigenvalue weighted by molar-refractivity contribution is -0.116. The van der Waals surface area contributed by atoms with Crippen LogP contribution >= 0.6 is 23.1 Å². The molecule has 1 N–H and O–H groups in total. The lowest BCUT2D eigenvalue weighted by Gasteiger charge is -2.15. The summed E-state index contributed by atoms with van der Waals surface area (Å²) in [6, 6.07) is 0. The molecule has 1 unspecified atom stereocenters. The number of hydrogen-bond donors (Lipinski definition) is 1. The number of nitrogens with zero attached hydrogens (tertiary/aromatic N) is 2. The molecule has 20 heavy (non-hydrogen) atoms. The van der Waals surface area contributed by atoms with Gasteiger partial charge in [0.05, 0.1) is 5.69 Å². The zero-order chi connectivity index (χ0) is 14.1. The first-order valence-electron chi connectivity index (χ1n) is 6.82. The van der Waals surface area contributed by atoms with Gasteiger partial charge in [0.1, 0.15) is 6.54 Å². The molecule has 1 atom stereocenters. The second kappa shape index (κ2) is 5.73. The van der Waals surface area contributed by atoms with Gasteiger partial charge in [-0.1, -0.05) is 18.7 Å². The summed E-state index contributed by atoms with van der Waals surface area (Å²) in [4.78, 5) is 30.8. The molecule has 0 radical (unpaired) electrons. The fraction of sp³-hybridized carbons (Fsp3) is 0.615. The third-order valence-electron chi connectivity index (χ3n) is 3.61. The summed E-state index contributed by atoms with van der Waals surface area (Å²) >= 11 is 2.84. The molecule has 1 aromatic heterocycles. The Morgan fingerprint density at radius 2 is 2.40 bits per heavy atom. The standard InChI is InChI=1S/C13H17N3O2S2/c1-8-2-3-9-10(6-8)20-12(14-9)15-11(17)7-16-4-5-19-13(16)18/h8H,2-7H2,1H3,(H,14,15,17). The minimum absolute atomic E-state index is 0.00703. The van der Waals surface area contributed by atoms with Gasteiger partial charge < -0.3 is 10.2 Å². The van der Waals surface area contributed by atoms with Crippen LogP contribution in [0.25, 0.3) is 0 Å². The number of carbonyl (C=O) groups is 2. The predicted molar refractivity (Wildman–Crippen MR) is 81.4 cm³/mol. The molecule has 0 spiro atoms. The lowest BCUT2D eigenvalue weighted by atomic mass is 9.93. The highest BCUT2D eigenvalue weighted by Crippen LogP contribution is 2.32. The Bertz CT molecular complexity index is 544. The van der Waals surface area contributed by atoms with E-state index in [2.05, 4.69) is 17.2 Å². The average Bonchev–Trinajstić information content (AvgIpc) is 2.95. The zero-order valence-electron chi connectivity index (χ0n) is 11.3. The molecule has 2 aliphatic rings. The van der Waals surface area contributed by atoms with Gasteiger partial charge in [0, 0.05) is 17.2 Å². The third kappa shape index (κ3) is 2.98. The minimum atomic E-state index is -0.153. The number of fused-ring (bicyclic) bond motifs is 1. The van der Waals surface area contributed by atoms with Crippen molar-refractivity contribution >= 4 is 39.4 Å². The highest BCUT2D eigenvalue weighted by Gasteiger charge is 2.24. The van der Waals surface area contributed by atoms with Gasteiger partial charge in [-0.05, 0) is 25.2 Å². The van der Waals surface area contributed by atoms with E-state index in [9.17, 15) is 9.59 Å². The van der Waals surface area contributed by atoms with Gasteiger partial charge in [-0.2, -0.15) is 0 Å². The molecule has 2 heterocycles. The predicted octanol–water partition coefficient (Wildman–Crippen LogP) is 2.38. The molecule has 1 aliphatic heterocycles. The smallest absolute Gasteiger partial charge is 0.282 e. The maximum Gasteiger partial charge on any atom is 0.282 e. The molecule has 0 bridgehead atoms. The van der Waals surface area contributed by atoms with E-state index in [1.165, 1.54) is 23.1 Å². The van der Waals surface area contributed by atoms with Crippen LogP contribution in [0.2, 0.25) is 0 Å². The Hall–Kier alpha value is -1.08. The number of nitrogens with one attached hydrogen (secondary N) is 1. The first-order chi connectivity index (χ1) is 9.61. The number of aryl methyl sites for hydroxylation is 1. The van der Waals surface area contributed by atoms with Crippen LogP contribution in [0.3, 0.4) is 0 Å². The van der Waals surface area contributed by atoms with Crippen LogP contribution in [-0.4, -0.2) is 39.9 Å². The van der Waals surface area contributed by atoms with Crippen LogP contribution in [0.4, 0.5) is 9.93 Å². The summed E-state index contributed by atoms with van der Waals surface area (Å²) in [5.41, 5.74) is 1.14. The van der Waals surface area contributed by atoms with Gasteiger partial charge in [-0.25, -0.2) is 4.98 Å². The van der Waals surface area contributed by atoms with Gasteiger partial charge in [0.25, 0.3) is 5.24 Å². The van der Waals surface area contributed by atoms with E-state index >= 15 is 0 Å². The fourth-order valence-electron chi connectivity index (χ4n) is 2.49. The van der Waals surface area contributed by atoms with Crippen molar-refractivity contribution in [2.45, 2.75) is 26.2 Å². The van der Waals surface area contributed by atoms with Gasteiger partial charge in [0.15, 0.2) is 5.13 Å². The van der Waals surface area contributed by atoms with Crippen molar-refractivity contribution in [1.29, 1.82) is 0 Å². The maximum atomic E-state index is 11.9. The molecular weight excluding hydrogens is 294 g/mol. The number of carbonyl (C=O) groups excluding carboxylic acids is 2. The quantitative estimate of drug-likeness (QED) is 0.931. The molecule has 1 aromatic rings. The van der Waals surface area contributed by atoms with E-state index in [1.54, 1.807) is 16.2 Å². The molecule has 0 aromatic carbocycles. The summed E-state index contributed by atoms with van der Waals surface area (Å²) in [6.45, 7) is 3.03. The minimum Gasteiger partial charge on any atom is -0.323 e. The van der Waals surface area contributed by atoms with Gasteiger partial charge >= 0.3 is 0 Å². The SMILES string of the molecule is CC1CCc2nc(NC(=O)CN3CCSC3=O)sc2C1. The van der Waals surface area contributed by atoms with Crippen LogP contribution in [0.5, 0.6) is 0 Å². The molecule has 1 saturated heterocycles. The van der Waals surface area contributed by atoms with E-state index in [1.807, 2.05) is 0 Å². The number of anilines is 1. The van der Waals surface area contributed by atoms with Crippen molar-refractivity contribution < 1.29 is 9.59 Å². The molecule has 5 nitrogen and oxygen atoms in total. The molecule has 108 valence electrons. The Morgan fingerprint density at radius 1 is 1.55 bits per heavy atom. The number of aromatic nitrogens is 1. The number of rotatable bonds is 3. The van der Waals surface area contributed by atoms with E-state index in [4.69, 9.17) is 0 Å². The summed E-state index contributed by atoms with van der Waals surface area (Å²) in [6.07, 6.45) is 3.23. The van der Waals surface area contributed by atoms with Gasteiger partial charge in [0.2, 0.25) is 5.91 Å². The molecule has 2 amide bonds. The van der Waals surface area contributed by atoms with Gasteiger partial charge in [-0.3, -0.25) is 9.59 Å². The van der Waals surface area contributed by atoms with E-state index in [0.717, 1.165) is 24.3 Å². The molecule has 1 aliphatic carbocycles.